The highest BCUT2D eigenvalue weighted by Gasteiger charge is 2.13. The first kappa shape index (κ1) is 17.9. The van der Waals surface area contributed by atoms with E-state index in [2.05, 4.69) is 6.92 Å². The van der Waals surface area contributed by atoms with E-state index in [9.17, 15) is 4.79 Å². The van der Waals surface area contributed by atoms with Crippen LogP contribution in [0.4, 0.5) is 0 Å². The summed E-state index contributed by atoms with van der Waals surface area (Å²) in [5.41, 5.74) is 1.55. The molecule has 0 bridgehead atoms. The van der Waals surface area contributed by atoms with E-state index in [0.717, 1.165) is 18.4 Å². The number of carbonyl (C=O) groups excluding carboxylic acids is 1. The van der Waals surface area contributed by atoms with Crippen LogP contribution in [0.1, 0.15) is 42.6 Å². The predicted octanol–water partition coefficient (Wildman–Crippen LogP) is 4.62. The zero-order valence-electron chi connectivity index (χ0n) is 14.3. The van der Waals surface area contributed by atoms with Crippen molar-refractivity contribution in [3.05, 3.63) is 59.7 Å². The Labute approximate surface area is 143 Å². The van der Waals surface area contributed by atoms with Gasteiger partial charge in [-0.1, -0.05) is 43.7 Å². The van der Waals surface area contributed by atoms with E-state index in [1.54, 1.807) is 18.2 Å². The van der Waals surface area contributed by atoms with Crippen LogP contribution in [-0.4, -0.2) is 19.2 Å². The molecule has 0 aromatic heterocycles. The third kappa shape index (κ3) is 5.30. The maximum atomic E-state index is 12.0. The smallest absolute Gasteiger partial charge is 0.338 e. The molecule has 4 nitrogen and oxygen atoms in total. The van der Waals surface area contributed by atoms with Gasteiger partial charge in [-0.25, -0.2) is 4.79 Å². The van der Waals surface area contributed by atoms with Crippen molar-refractivity contribution in [2.75, 3.05) is 13.2 Å². The summed E-state index contributed by atoms with van der Waals surface area (Å²) in [4.78, 5) is 12.0. The standard InChI is InChI=1S/C20H24O4/c1-3-5-13-23-20(21)17-11-12-18(19(14-17)22-4-2)24-15-16-9-7-6-8-10-16/h6-12,14H,3-5,13,15H2,1-2H3. The molecule has 24 heavy (non-hydrogen) atoms. The minimum Gasteiger partial charge on any atom is -0.490 e. The van der Waals surface area contributed by atoms with E-state index in [1.807, 2.05) is 37.3 Å². The molecule has 0 saturated carbocycles. The first-order valence-corrected chi connectivity index (χ1v) is 8.35. The number of esters is 1. The largest absolute Gasteiger partial charge is 0.490 e. The fourth-order valence-electron chi connectivity index (χ4n) is 2.15. The van der Waals surface area contributed by atoms with Gasteiger partial charge >= 0.3 is 5.97 Å². The fraction of sp³-hybridized carbons (Fsp3) is 0.350. The van der Waals surface area contributed by atoms with E-state index in [1.165, 1.54) is 0 Å². The molecule has 4 heteroatoms. The summed E-state index contributed by atoms with van der Waals surface area (Å²) < 4.78 is 16.7. The Bertz CT molecular complexity index is 637. The van der Waals surface area contributed by atoms with E-state index in [-0.39, 0.29) is 5.97 Å². The van der Waals surface area contributed by atoms with Gasteiger partial charge in [0.25, 0.3) is 0 Å². The molecule has 2 aromatic rings. The van der Waals surface area contributed by atoms with Gasteiger partial charge in [0.2, 0.25) is 0 Å². The van der Waals surface area contributed by atoms with Gasteiger partial charge in [-0.15, -0.1) is 0 Å². The molecule has 0 aliphatic rings. The van der Waals surface area contributed by atoms with Gasteiger partial charge in [0.05, 0.1) is 18.8 Å². The summed E-state index contributed by atoms with van der Waals surface area (Å²) >= 11 is 0. The van der Waals surface area contributed by atoms with Crippen molar-refractivity contribution in [2.24, 2.45) is 0 Å². The number of unbranched alkanes of at least 4 members (excludes halogenated alkanes) is 1. The van der Waals surface area contributed by atoms with Crippen LogP contribution in [-0.2, 0) is 11.3 Å². The molecule has 0 spiro atoms. The van der Waals surface area contributed by atoms with Crippen LogP contribution in [0.25, 0.3) is 0 Å². The minimum atomic E-state index is -0.334. The van der Waals surface area contributed by atoms with Crippen LogP contribution in [0.15, 0.2) is 48.5 Å². The summed E-state index contributed by atoms with van der Waals surface area (Å²) in [6.45, 7) is 5.33. The molecule has 0 amide bonds. The number of rotatable bonds is 9. The van der Waals surface area contributed by atoms with Crippen LogP contribution in [0.2, 0.25) is 0 Å². The summed E-state index contributed by atoms with van der Waals surface area (Å²) in [6.07, 6.45) is 1.85. The van der Waals surface area contributed by atoms with Crippen molar-refractivity contribution >= 4 is 5.97 Å². The number of hydrogen-bond donors (Lipinski definition) is 0. The summed E-state index contributed by atoms with van der Waals surface area (Å²) in [7, 11) is 0. The molecule has 0 aliphatic heterocycles. The van der Waals surface area contributed by atoms with E-state index >= 15 is 0 Å². The molecule has 2 aromatic carbocycles. The third-order valence-electron chi connectivity index (χ3n) is 3.45. The average molecular weight is 328 g/mol. The Morgan fingerprint density at radius 1 is 0.958 bits per heavy atom. The highest BCUT2D eigenvalue weighted by atomic mass is 16.5. The highest BCUT2D eigenvalue weighted by molar-refractivity contribution is 5.90. The van der Waals surface area contributed by atoms with E-state index in [0.29, 0.717) is 36.9 Å². The lowest BCUT2D eigenvalue weighted by Gasteiger charge is -2.13. The van der Waals surface area contributed by atoms with Gasteiger partial charge in [0, 0.05) is 0 Å². The lowest BCUT2D eigenvalue weighted by atomic mass is 10.2. The molecule has 0 heterocycles. The van der Waals surface area contributed by atoms with Gasteiger partial charge in [-0.2, -0.15) is 0 Å². The molecule has 128 valence electrons. The Kier molecular flexibility index (Phi) is 7.15. The van der Waals surface area contributed by atoms with Crippen LogP contribution < -0.4 is 9.47 Å². The normalized spacial score (nSPS) is 10.2. The second-order valence-corrected chi connectivity index (χ2v) is 5.36. The molecule has 0 unspecified atom stereocenters. The minimum absolute atomic E-state index is 0.334. The molecule has 0 fully saturated rings. The maximum absolute atomic E-state index is 12.0. The quantitative estimate of drug-likeness (QED) is 0.497. The molecular formula is C20H24O4. The van der Waals surface area contributed by atoms with Crippen LogP contribution in [0, 0.1) is 0 Å². The molecule has 0 N–H and O–H groups in total. The Morgan fingerprint density at radius 2 is 1.75 bits per heavy atom. The molecule has 2 rings (SSSR count). The van der Waals surface area contributed by atoms with Gasteiger partial charge in [-0.3, -0.25) is 0 Å². The second kappa shape index (κ2) is 9.60. The Balaban J connectivity index is 2.06. The Hall–Kier alpha value is -2.49. The zero-order chi connectivity index (χ0) is 17.2. The molecular weight excluding hydrogens is 304 g/mol. The fourth-order valence-corrected chi connectivity index (χ4v) is 2.15. The zero-order valence-corrected chi connectivity index (χ0v) is 14.3. The van der Waals surface area contributed by atoms with Crippen LogP contribution in [0.5, 0.6) is 11.5 Å². The average Bonchev–Trinajstić information content (AvgIpc) is 2.62. The Morgan fingerprint density at radius 3 is 2.46 bits per heavy atom. The summed E-state index contributed by atoms with van der Waals surface area (Å²) in [5.74, 6) is 0.836. The molecule has 0 aliphatic carbocycles. The lowest BCUT2D eigenvalue weighted by molar-refractivity contribution is 0.0499. The monoisotopic (exact) mass is 328 g/mol. The number of carbonyl (C=O) groups is 1. The van der Waals surface area contributed by atoms with E-state index in [4.69, 9.17) is 14.2 Å². The number of benzene rings is 2. The summed E-state index contributed by atoms with van der Waals surface area (Å²) in [5, 5.41) is 0. The lowest BCUT2D eigenvalue weighted by Crippen LogP contribution is -2.07. The van der Waals surface area contributed by atoms with Gasteiger partial charge in [0.1, 0.15) is 6.61 Å². The van der Waals surface area contributed by atoms with Crippen LogP contribution in [0.3, 0.4) is 0 Å². The first-order chi connectivity index (χ1) is 11.7. The van der Waals surface area contributed by atoms with Crippen LogP contribution >= 0.6 is 0 Å². The highest BCUT2D eigenvalue weighted by Crippen LogP contribution is 2.29. The van der Waals surface area contributed by atoms with Gasteiger partial charge < -0.3 is 14.2 Å². The summed E-state index contributed by atoms with van der Waals surface area (Å²) in [6, 6.07) is 15.0. The topological polar surface area (TPSA) is 44.8 Å². The number of ether oxygens (including phenoxy) is 3. The molecule has 0 saturated heterocycles. The van der Waals surface area contributed by atoms with Crippen molar-refractivity contribution in [3.8, 4) is 11.5 Å². The van der Waals surface area contributed by atoms with Crippen molar-refractivity contribution in [3.63, 3.8) is 0 Å². The maximum Gasteiger partial charge on any atom is 0.338 e. The van der Waals surface area contributed by atoms with Crippen molar-refractivity contribution in [1.29, 1.82) is 0 Å². The molecule has 0 atom stereocenters. The van der Waals surface area contributed by atoms with Gasteiger partial charge in [-0.05, 0) is 37.1 Å². The SMILES string of the molecule is CCCCOC(=O)c1ccc(OCc2ccccc2)c(OCC)c1. The van der Waals surface area contributed by atoms with E-state index < -0.39 is 0 Å². The number of hydrogen-bond acceptors (Lipinski definition) is 4. The van der Waals surface area contributed by atoms with Gasteiger partial charge in [0.15, 0.2) is 11.5 Å². The second-order valence-electron chi connectivity index (χ2n) is 5.36. The third-order valence-corrected chi connectivity index (χ3v) is 3.45. The van der Waals surface area contributed by atoms with Crippen molar-refractivity contribution in [1.82, 2.24) is 0 Å². The van der Waals surface area contributed by atoms with Crippen molar-refractivity contribution < 1.29 is 19.0 Å². The van der Waals surface area contributed by atoms with Crippen molar-refractivity contribution in [2.45, 2.75) is 33.3 Å². The molecule has 0 radical (unpaired) electrons. The first-order valence-electron chi connectivity index (χ1n) is 8.35. The predicted molar refractivity (Wildman–Crippen MR) is 93.6 cm³/mol.